The monoisotopic (exact) mass is 265 g/mol. The molecule has 2 aromatic carbocycles. The van der Waals surface area contributed by atoms with E-state index in [1.165, 1.54) is 18.2 Å². The minimum atomic E-state index is -1.49. The van der Waals surface area contributed by atoms with Crippen LogP contribution in [0.3, 0.4) is 0 Å². The van der Waals surface area contributed by atoms with E-state index in [0.29, 0.717) is 5.56 Å². The molecule has 0 aromatic heterocycles. The third-order valence-electron chi connectivity index (χ3n) is 2.92. The highest BCUT2D eigenvalue weighted by Gasteiger charge is 2.32. The van der Waals surface area contributed by atoms with E-state index < -0.39 is 11.4 Å². The van der Waals surface area contributed by atoms with Crippen molar-refractivity contribution < 1.29 is 9.50 Å². The highest BCUT2D eigenvalue weighted by atomic mass is 35.5. The molecule has 0 radical (unpaired) electrons. The minimum Gasteiger partial charge on any atom is -0.379 e. The summed E-state index contributed by atoms with van der Waals surface area (Å²) in [6, 6.07) is 12.7. The molecule has 0 aliphatic rings. The average molecular weight is 266 g/mol. The Kier molecular flexibility index (Phi) is 3.66. The summed E-state index contributed by atoms with van der Waals surface area (Å²) in [5.74, 6) is -0.461. The molecule has 3 N–H and O–H groups in total. The van der Waals surface area contributed by atoms with E-state index in [4.69, 9.17) is 17.3 Å². The van der Waals surface area contributed by atoms with Gasteiger partial charge >= 0.3 is 0 Å². The third kappa shape index (κ3) is 2.25. The lowest BCUT2D eigenvalue weighted by atomic mass is 9.86. The summed E-state index contributed by atoms with van der Waals surface area (Å²) in [5.41, 5.74) is 5.03. The predicted molar refractivity (Wildman–Crippen MR) is 69.9 cm³/mol. The Morgan fingerprint density at radius 3 is 2.44 bits per heavy atom. The SMILES string of the molecule is NCC(O)(c1ccccc1)c1cc(F)ccc1Cl. The van der Waals surface area contributed by atoms with Crippen LogP contribution in [0.25, 0.3) is 0 Å². The van der Waals surface area contributed by atoms with Crippen molar-refractivity contribution in [1.29, 1.82) is 0 Å². The molecule has 18 heavy (non-hydrogen) atoms. The van der Waals surface area contributed by atoms with Gasteiger partial charge in [0.1, 0.15) is 11.4 Å². The van der Waals surface area contributed by atoms with E-state index in [1.807, 2.05) is 6.07 Å². The Hall–Kier alpha value is -1.42. The summed E-state index contributed by atoms with van der Waals surface area (Å²) < 4.78 is 13.3. The summed E-state index contributed by atoms with van der Waals surface area (Å²) in [6.07, 6.45) is 0. The number of benzene rings is 2. The molecule has 0 fully saturated rings. The number of nitrogens with two attached hydrogens (primary N) is 1. The first kappa shape index (κ1) is 13.0. The van der Waals surface area contributed by atoms with Crippen molar-refractivity contribution in [2.45, 2.75) is 5.60 Å². The summed E-state index contributed by atoms with van der Waals surface area (Å²) in [5, 5.41) is 11.0. The van der Waals surface area contributed by atoms with Gasteiger partial charge < -0.3 is 10.8 Å². The van der Waals surface area contributed by atoms with Gasteiger partial charge in [0.2, 0.25) is 0 Å². The third-order valence-corrected chi connectivity index (χ3v) is 3.25. The molecule has 1 atom stereocenters. The lowest BCUT2D eigenvalue weighted by Gasteiger charge is -2.28. The largest absolute Gasteiger partial charge is 0.379 e. The normalized spacial score (nSPS) is 14.2. The van der Waals surface area contributed by atoms with E-state index in [0.717, 1.165) is 0 Å². The van der Waals surface area contributed by atoms with E-state index in [1.54, 1.807) is 24.3 Å². The maximum atomic E-state index is 13.3. The van der Waals surface area contributed by atoms with Gasteiger partial charge in [-0.3, -0.25) is 0 Å². The van der Waals surface area contributed by atoms with Crippen LogP contribution in [0.2, 0.25) is 5.02 Å². The first-order valence-corrected chi connectivity index (χ1v) is 5.89. The minimum absolute atomic E-state index is 0.0831. The summed E-state index contributed by atoms with van der Waals surface area (Å²) in [7, 11) is 0. The van der Waals surface area contributed by atoms with Crippen molar-refractivity contribution >= 4 is 11.6 Å². The topological polar surface area (TPSA) is 46.2 Å². The molecule has 2 rings (SSSR count). The van der Waals surface area contributed by atoms with Crippen LogP contribution in [0.15, 0.2) is 48.5 Å². The smallest absolute Gasteiger partial charge is 0.128 e. The number of hydrogen-bond donors (Lipinski definition) is 2. The molecule has 0 bridgehead atoms. The average Bonchev–Trinajstić information content (AvgIpc) is 2.41. The van der Waals surface area contributed by atoms with Gasteiger partial charge in [-0.1, -0.05) is 41.9 Å². The molecular weight excluding hydrogens is 253 g/mol. The first-order chi connectivity index (χ1) is 8.58. The van der Waals surface area contributed by atoms with Crippen molar-refractivity contribution in [3.63, 3.8) is 0 Å². The highest BCUT2D eigenvalue weighted by molar-refractivity contribution is 6.31. The maximum absolute atomic E-state index is 13.3. The van der Waals surface area contributed by atoms with Crippen LogP contribution in [0.1, 0.15) is 11.1 Å². The molecule has 0 aliphatic carbocycles. The van der Waals surface area contributed by atoms with Crippen LogP contribution in [-0.4, -0.2) is 11.7 Å². The standard InChI is InChI=1S/C14H13ClFNO/c15-13-7-6-11(16)8-12(13)14(18,9-17)10-4-2-1-3-5-10/h1-8,18H,9,17H2. The van der Waals surface area contributed by atoms with Crippen molar-refractivity contribution in [1.82, 2.24) is 0 Å². The van der Waals surface area contributed by atoms with Crippen LogP contribution < -0.4 is 5.73 Å². The zero-order chi connectivity index (χ0) is 13.2. The summed E-state index contributed by atoms with van der Waals surface area (Å²) >= 11 is 6.03. The number of rotatable bonds is 3. The van der Waals surface area contributed by atoms with E-state index in [2.05, 4.69) is 0 Å². The molecule has 2 aromatic rings. The lowest BCUT2D eigenvalue weighted by molar-refractivity contribution is 0.0900. The molecule has 0 amide bonds. The molecule has 0 heterocycles. The Morgan fingerprint density at radius 1 is 1.17 bits per heavy atom. The van der Waals surface area contributed by atoms with Crippen LogP contribution >= 0.6 is 11.6 Å². The molecule has 94 valence electrons. The fourth-order valence-corrected chi connectivity index (χ4v) is 2.19. The molecule has 1 unspecified atom stereocenters. The molecule has 0 saturated heterocycles. The van der Waals surface area contributed by atoms with Gasteiger partial charge in [0, 0.05) is 17.1 Å². The van der Waals surface area contributed by atoms with Crippen molar-refractivity contribution in [2.75, 3.05) is 6.54 Å². The van der Waals surface area contributed by atoms with E-state index in [9.17, 15) is 9.50 Å². The summed E-state index contributed by atoms with van der Waals surface area (Å²) in [6.45, 7) is -0.0831. The Morgan fingerprint density at radius 2 is 1.83 bits per heavy atom. The van der Waals surface area contributed by atoms with E-state index >= 15 is 0 Å². The Labute approximate surface area is 110 Å². The van der Waals surface area contributed by atoms with Gasteiger partial charge in [0.05, 0.1) is 0 Å². The quantitative estimate of drug-likeness (QED) is 0.896. The van der Waals surface area contributed by atoms with Crippen LogP contribution in [0, 0.1) is 5.82 Å². The molecule has 2 nitrogen and oxygen atoms in total. The molecular formula is C14H13ClFNO. The zero-order valence-electron chi connectivity index (χ0n) is 9.61. The first-order valence-electron chi connectivity index (χ1n) is 5.51. The van der Waals surface area contributed by atoms with Crippen LogP contribution in [0.4, 0.5) is 4.39 Å². The maximum Gasteiger partial charge on any atom is 0.128 e. The number of halogens is 2. The van der Waals surface area contributed by atoms with Gasteiger partial charge in [-0.05, 0) is 23.8 Å². The lowest BCUT2D eigenvalue weighted by Crippen LogP contribution is -2.36. The van der Waals surface area contributed by atoms with Gasteiger partial charge in [0.25, 0.3) is 0 Å². The Balaban J connectivity index is 2.60. The molecule has 0 spiro atoms. The number of aliphatic hydroxyl groups is 1. The fourth-order valence-electron chi connectivity index (χ4n) is 1.91. The fraction of sp³-hybridized carbons (Fsp3) is 0.143. The van der Waals surface area contributed by atoms with Crippen molar-refractivity contribution in [2.24, 2.45) is 5.73 Å². The molecule has 4 heteroatoms. The predicted octanol–water partition coefficient (Wildman–Crippen LogP) is 2.67. The second kappa shape index (κ2) is 5.06. The number of hydrogen-bond acceptors (Lipinski definition) is 2. The zero-order valence-corrected chi connectivity index (χ0v) is 10.4. The van der Waals surface area contributed by atoms with E-state index in [-0.39, 0.29) is 17.1 Å². The van der Waals surface area contributed by atoms with Gasteiger partial charge in [-0.15, -0.1) is 0 Å². The molecule has 0 aliphatic heterocycles. The second-order valence-electron chi connectivity index (χ2n) is 4.05. The second-order valence-corrected chi connectivity index (χ2v) is 4.46. The Bertz CT molecular complexity index is 547. The van der Waals surface area contributed by atoms with Crippen LogP contribution in [-0.2, 0) is 5.60 Å². The molecule has 0 saturated carbocycles. The summed E-state index contributed by atoms with van der Waals surface area (Å²) in [4.78, 5) is 0. The van der Waals surface area contributed by atoms with Crippen LogP contribution in [0.5, 0.6) is 0 Å². The van der Waals surface area contributed by atoms with Gasteiger partial charge in [-0.25, -0.2) is 4.39 Å². The van der Waals surface area contributed by atoms with Crippen molar-refractivity contribution in [3.8, 4) is 0 Å². The highest BCUT2D eigenvalue weighted by Crippen LogP contribution is 2.33. The van der Waals surface area contributed by atoms with Gasteiger partial charge in [0.15, 0.2) is 0 Å². The van der Waals surface area contributed by atoms with Gasteiger partial charge in [-0.2, -0.15) is 0 Å². The van der Waals surface area contributed by atoms with Crippen molar-refractivity contribution in [3.05, 3.63) is 70.5 Å².